The molecule has 3 N–H and O–H groups in total. The van der Waals surface area contributed by atoms with Gasteiger partial charge in [-0.05, 0) is 44.9 Å². The van der Waals surface area contributed by atoms with E-state index < -0.39 is 16.1 Å². The van der Waals surface area contributed by atoms with Crippen LogP contribution in [0.2, 0.25) is 0 Å². The summed E-state index contributed by atoms with van der Waals surface area (Å²) in [7, 11) is -3.64. The number of rotatable bonds is 6. The molecule has 0 radical (unpaired) electrons. The van der Waals surface area contributed by atoms with E-state index in [1.54, 1.807) is 26.0 Å². The van der Waals surface area contributed by atoms with Crippen molar-refractivity contribution in [3.63, 3.8) is 0 Å². The molecule has 1 heterocycles. The van der Waals surface area contributed by atoms with E-state index in [0.29, 0.717) is 25.4 Å². The Balaban J connectivity index is 0.00000288. The molecule has 136 valence electrons. The Morgan fingerprint density at radius 3 is 2.54 bits per heavy atom. The van der Waals surface area contributed by atoms with E-state index in [1.807, 2.05) is 0 Å². The predicted octanol–water partition coefficient (Wildman–Crippen LogP) is 1.58. The molecule has 1 aromatic rings. The van der Waals surface area contributed by atoms with Gasteiger partial charge in [-0.15, -0.1) is 12.4 Å². The molecule has 2 rings (SSSR count). The topological polar surface area (TPSA) is 102 Å². The van der Waals surface area contributed by atoms with E-state index in [0.717, 1.165) is 12.8 Å². The van der Waals surface area contributed by atoms with Gasteiger partial charge in [0.25, 0.3) is 0 Å². The molecule has 1 fully saturated rings. The normalized spacial score (nSPS) is 16.3. The van der Waals surface area contributed by atoms with E-state index in [-0.39, 0.29) is 29.0 Å². The maximum absolute atomic E-state index is 12.8. The van der Waals surface area contributed by atoms with Gasteiger partial charge in [-0.25, -0.2) is 8.42 Å². The molecule has 0 aromatic heterocycles. The standard InChI is InChI=1S/C15H23N3O4S.ClH/c1-3-22-13-7-6-12(17-15(19)11(2)16)10-14(13)23(20,21)18-8-4-5-9-18;/h6-7,10-11H,3-5,8-9,16H2,1-2H3,(H,17,19);1H/t11-;/m1./s1. The number of hydrogen-bond donors (Lipinski definition) is 2. The highest BCUT2D eigenvalue weighted by Gasteiger charge is 2.30. The van der Waals surface area contributed by atoms with Crippen LogP contribution >= 0.6 is 12.4 Å². The molecule has 9 heteroatoms. The van der Waals surface area contributed by atoms with Gasteiger partial charge < -0.3 is 15.8 Å². The second-order valence-corrected chi connectivity index (χ2v) is 7.39. The summed E-state index contributed by atoms with van der Waals surface area (Å²) in [5.41, 5.74) is 5.90. The summed E-state index contributed by atoms with van der Waals surface area (Å²) < 4.78 is 32.5. The number of hydrogen-bond acceptors (Lipinski definition) is 5. The lowest BCUT2D eigenvalue weighted by Gasteiger charge is -2.19. The number of nitrogens with zero attached hydrogens (tertiary/aromatic N) is 1. The molecule has 0 bridgehead atoms. The molecule has 0 saturated carbocycles. The van der Waals surface area contributed by atoms with Crippen molar-refractivity contribution in [1.29, 1.82) is 0 Å². The van der Waals surface area contributed by atoms with Crippen LogP contribution in [-0.2, 0) is 14.8 Å². The van der Waals surface area contributed by atoms with Crippen molar-refractivity contribution in [2.24, 2.45) is 5.73 Å². The first-order valence-corrected chi connectivity index (χ1v) is 9.13. The molecule has 1 amide bonds. The van der Waals surface area contributed by atoms with Gasteiger partial charge in [-0.3, -0.25) is 4.79 Å². The van der Waals surface area contributed by atoms with E-state index in [1.165, 1.54) is 10.4 Å². The highest BCUT2D eigenvalue weighted by atomic mass is 35.5. The van der Waals surface area contributed by atoms with Gasteiger partial charge in [0, 0.05) is 18.8 Å². The van der Waals surface area contributed by atoms with E-state index in [9.17, 15) is 13.2 Å². The van der Waals surface area contributed by atoms with Crippen molar-refractivity contribution in [3.8, 4) is 5.75 Å². The fourth-order valence-corrected chi connectivity index (χ4v) is 4.06. The zero-order valence-corrected chi connectivity index (χ0v) is 15.5. The molecule has 1 saturated heterocycles. The minimum absolute atomic E-state index is 0. The number of benzene rings is 1. The first kappa shape index (κ1) is 20.7. The Morgan fingerprint density at radius 2 is 2.00 bits per heavy atom. The number of amides is 1. The number of nitrogens with two attached hydrogens (primary N) is 1. The Bertz CT molecular complexity index is 673. The summed E-state index contributed by atoms with van der Waals surface area (Å²) in [5.74, 6) is -0.0862. The van der Waals surface area contributed by atoms with Gasteiger partial charge in [0.1, 0.15) is 10.6 Å². The second kappa shape index (κ2) is 8.66. The summed E-state index contributed by atoms with van der Waals surface area (Å²) in [5, 5.41) is 2.61. The first-order chi connectivity index (χ1) is 10.9. The van der Waals surface area contributed by atoms with Crippen molar-refractivity contribution < 1.29 is 17.9 Å². The number of carbonyl (C=O) groups excluding carboxylic acids is 1. The van der Waals surface area contributed by atoms with Crippen molar-refractivity contribution in [1.82, 2.24) is 4.31 Å². The number of anilines is 1. The van der Waals surface area contributed by atoms with Crippen LogP contribution in [0.3, 0.4) is 0 Å². The van der Waals surface area contributed by atoms with Crippen LogP contribution in [0.4, 0.5) is 5.69 Å². The largest absolute Gasteiger partial charge is 0.492 e. The molecule has 1 aliphatic rings. The SMILES string of the molecule is CCOc1ccc(NC(=O)[C@@H](C)N)cc1S(=O)(=O)N1CCCC1.Cl. The van der Waals surface area contributed by atoms with E-state index in [4.69, 9.17) is 10.5 Å². The zero-order chi connectivity index (χ0) is 17.0. The monoisotopic (exact) mass is 377 g/mol. The van der Waals surface area contributed by atoms with Crippen LogP contribution in [0.25, 0.3) is 0 Å². The lowest BCUT2D eigenvalue weighted by molar-refractivity contribution is -0.117. The highest BCUT2D eigenvalue weighted by Crippen LogP contribution is 2.31. The number of ether oxygens (including phenoxy) is 1. The summed E-state index contributed by atoms with van der Waals surface area (Å²) in [6.07, 6.45) is 1.70. The Labute approximate surface area is 149 Å². The van der Waals surface area contributed by atoms with Gasteiger partial charge in [0.2, 0.25) is 15.9 Å². The van der Waals surface area contributed by atoms with Gasteiger partial charge in [-0.2, -0.15) is 4.31 Å². The van der Waals surface area contributed by atoms with Gasteiger partial charge in [0.15, 0.2) is 0 Å². The third kappa shape index (κ3) is 4.60. The number of sulfonamides is 1. The summed E-state index contributed by atoms with van der Waals surface area (Å²) in [6.45, 7) is 4.71. The molecule has 7 nitrogen and oxygen atoms in total. The molecule has 1 aromatic carbocycles. The molecular weight excluding hydrogens is 354 g/mol. The third-order valence-corrected chi connectivity index (χ3v) is 5.53. The molecule has 0 spiro atoms. The third-order valence-electron chi connectivity index (χ3n) is 3.61. The van der Waals surface area contributed by atoms with Crippen molar-refractivity contribution in [3.05, 3.63) is 18.2 Å². The quantitative estimate of drug-likeness (QED) is 0.783. The van der Waals surface area contributed by atoms with Gasteiger partial charge >= 0.3 is 0 Å². The van der Waals surface area contributed by atoms with Crippen LogP contribution in [0.5, 0.6) is 5.75 Å². The number of nitrogens with one attached hydrogen (secondary N) is 1. The predicted molar refractivity (Wildman–Crippen MR) is 95.1 cm³/mol. The molecule has 1 aliphatic heterocycles. The first-order valence-electron chi connectivity index (χ1n) is 7.69. The Morgan fingerprint density at radius 1 is 1.38 bits per heavy atom. The van der Waals surface area contributed by atoms with E-state index in [2.05, 4.69) is 5.32 Å². The lowest BCUT2D eigenvalue weighted by atomic mass is 10.2. The minimum Gasteiger partial charge on any atom is -0.492 e. The molecule has 0 unspecified atom stereocenters. The van der Waals surface area contributed by atoms with Crippen LogP contribution in [0, 0.1) is 0 Å². The van der Waals surface area contributed by atoms with E-state index >= 15 is 0 Å². The maximum atomic E-state index is 12.8. The molecular formula is C15H24ClN3O4S. The average molecular weight is 378 g/mol. The minimum atomic E-state index is -3.64. The van der Waals surface area contributed by atoms with Crippen molar-refractivity contribution in [2.45, 2.75) is 37.6 Å². The summed E-state index contributed by atoms with van der Waals surface area (Å²) in [4.78, 5) is 11.8. The molecule has 24 heavy (non-hydrogen) atoms. The number of carbonyl (C=O) groups is 1. The van der Waals surface area contributed by atoms with Gasteiger partial charge in [0.05, 0.1) is 12.6 Å². The van der Waals surface area contributed by atoms with Crippen LogP contribution in [-0.4, -0.2) is 44.4 Å². The smallest absolute Gasteiger partial charge is 0.246 e. The summed E-state index contributed by atoms with van der Waals surface area (Å²) in [6, 6.07) is 3.91. The number of halogens is 1. The Kier molecular flexibility index (Phi) is 7.47. The summed E-state index contributed by atoms with van der Waals surface area (Å²) >= 11 is 0. The van der Waals surface area contributed by atoms with Crippen LogP contribution < -0.4 is 15.8 Å². The van der Waals surface area contributed by atoms with Crippen molar-refractivity contribution in [2.75, 3.05) is 25.0 Å². The van der Waals surface area contributed by atoms with Gasteiger partial charge in [-0.1, -0.05) is 0 Å². The fourth-order valence-electron chi connectivity index (χ4n) is 2.39. The fraction of sp³-hybridized carbons (Fsp3) is 0.533. The van der Waals surface area contributed by atoms with Crippen LogP contribution in [0.1, 0.15) is 26.7 Å². The van der Waals surface area contributed by atoms with Crippen LogP contribution in [0.15, 0.2) is 23.1 Å². The van der Waals surface area contributed by atoms with Crippen molar-refractivity contribution >= 4 is 34.0 Å². The molecule has 1 atom stereocenters. The average Bonchev–Trinajstić information content (AvgIpc) is 3.03. The zero-order valence-electron chi connectivity index (χ0n) is 13.8. The maximum Gasteiger partial charge on any atom is 0.246 e. The second-order valence-electron chi connectivity index (χ2n) is 5.48. The molecule has 0 aliphatic carbocycles. The lowest BCUT2D eigenvalue weighted by Crippen LogP contribution is -2.32. The highest BCUT2D eigenvalue weighted by molar-refractivity contribution is 7.89. The Hall–Kier alpha value is -1.35.